The molecule has 0 atom stereocenters. The van der Waals surface area contributed by atoms with Crippen LogP contribution in [0, 0.1) is 11.8 Å². The minimum Gasteiger partial charge on any atom is -0.381 e. The topological polar surface area (TPSA) is 18.5 Å². The summed E-state index contributed by atoms with van der Waals surface area (Å²) < 4.78 is 10.1. The van der Waals surface area contributed by atoms with E-state index in [4.69, 9.17) is 9.47 Å². The first-order chi connectivity index (χ1) is 8.31. The number of rotatable bonds is 6. The fourth-order valence-electron chi connectivity index (χ4n) is 0.687. The Morgan fingerprint density at radius 2 is 1.16 bits per heavy atom. The van der Waals surface area contributed by atoms with Crippen molar-refractivity contribution >= 4 is 0 Å². The van der Waals surface area contributed by atoms with Crippen LogP contribution < -0.4 is 0 Å². The van der Waals surface area contributed by atoms with Gasteiger partial charge in [0.05, 0.1) is 6.10 Å². The molecular formula is C17H42O2. The van der Waals surface area contributed by atoms with Crippen molar-refractivity contribution in [2.75, 3.05) is 19.8 Å². The van der Waals surface area contributed by atoms with Gasteiger partial charge in [-0.1, -0.05) is 48.5 Å². The summed E-state index contributed by atoms with van der Waals surface area (Å²) in [6.07, 6.45) is 1.70. The van der Waals surface area contributed by atoms with Crippen molar-refractivity contribution in [1.82, 2.24) is 0 Å². The Bertz CT molecular complexity index is 120. The molecule has 0 aromatic rings. The van der Waals surface area contributed by atoms with E-state index in [1.807, 2.05) is 27.7 Å². The second-order valence-electron chi connectivity index (χ2n) is 5.36. The van der Waals surface area contributed by atoms with Crippen molar-refractivity contribution in [2.45, 2.75) is 82.3 Å². The van der Waals surface area contributed by atoms with Crippen molar-refractivity contribution in [2.24, 2.45) is 11.8 Å². The van der Waals surface area contributed by atoms with Gasteiger partial charge in [-0.05, 0) is 39.5 Å². The molecule has 0 saturated heterocycles. The molecule has 122 valence electrons. The summed E-state index contributed by atoms with van der Waals surface area (Å²) in [5, 5.41) is 0. The Morgan fingerprint density at radius 1 is 0.737 bits per heavy atom. The van der Waals surface area contributed by atoms with E-state index in [1.54, 1.807) is 0 Å². The van der Waals surface area contributed by atoms with Gasteiger partial charge in [-0.2, -0.15) is 0 Å². The Labute approximate surface area is 124 Å². The van der Waals surface area contributed by atoms with Crippen molar-refractivity contribution in [3.63, 3.8) is 0 Å². The second kappa shape index (κ2) is 23.0. The molecule has 0 aromatic heterocycles. The Hall–Kier alpha value is -0.0800. The van der Waals surface area contributed by atoms with E-state index in [1.165, 1.54) is 6.42 Å². The number of ether oxygens (including phenoxy) is 2. The van der Waals surface area contributed by atoms with Gasteiger partial charge >= 0.3 is 0 Å². The predicted octanol–water partition coefficient (Wildman–Crippen LogP) is 5.80. The van der Waals surface area contributed by atoms with E-state index >= 15 is 0 Å². The van der Waals surface area contributed by atoms with Gasteiger partial charge in [-0.3, -0.25) is 0 Å². The zero-order valence-electron chi connectivity index (χ0n) is 14.4. The van der Waals surface area contributed by atoms with E-state index in [0.717, 1.165) is 25.7 Å². The molecule has 0 aliphatic carbocycles. The zero-order chi connectivity index (χ0) is 15.0. The standard InChI is InChI=1S/C6H14O.C5H12O.C5H12.CH4/c1-4-7-5-6(2)3;1-4-6-5(2)3;1-4-5(2)3;/h6H,4-5H2,1-3H3;5H,4H2,1-3H3;5H,4H2,1-3H3;1H4. The lowest BCUT2D eigenvalue weighted by molar-refractivity contribution is 0.0899. The van der Waals surface area contributed by atoms with E-state index < -0.39 is 0 Å². The van der Waals surface area contributed by atoms with E-state index in [-0.39, 0.29) is 7.43 Å². The van der Waals surface area contributed by atoms with Crippen molar-refractivity contribution in [3.05, 3.63) is 0 Å². The zero-order valence-corrected chi connectivity index (χ0v) is 14.4. The van der Waals surface area contributed by atoms with Gasteiger partial charge in [-0.25, -0.2) is 0 Å². The molecule has 0 aliphatic heterocycles. The summed E-state index contributed by atoms with van der Waals surface area (Å²) in [6, 6.07) is 0. The van der Waals surface area contributed by atoms with E-state index in [0.29, 0.717) is 12.0 Å². The average Bonchev–Trinajstić information content (AvgIpc) is 2.27. The fourth-order valence-corrected chi connectivity index (χ4v) is 0.687. The largest absolute Gasteiger partial charge is 0.381 e. The van der Waals surface area contributed by atoms with Crippen LogP contribution in [-0.4, -0.2) is 25.9 Å². The molecule has 0 fully saturated rings. The summed E-state index contributed by atoms with van der Waals surface area (Å²) >= 11 is 0. The van der Waals surface area contributed by atoms with Crippen LogP contribution in [0.3, 0.4) is 0 Å². The van der Waals surface area contributed by atoms with E-state index in [9.17, 15) is 0 Å². The van der Waals surface area contributed by atoms with Crippen molar-refractivity contribution < 1.29 is 9.47 Å². The predicted molar refractivity (Wildman–Crippen MR) is 90.0 cm³/mol. The minimum absolute atomic E-state index is 0. The second-order valence-corrected chi connectivity index (χ2v) is 5.36. The Balaban J connectivity index is -0.0000000878. The third-order valence-corrected chi connectivity index (χ3v) is 1.97. The van der Waals surface area contributed by atoms with Gasteiger partial charge in [-0.15, -0.1) is 0 Å². The van der Waals surface area contributed by atoms with Crippen LogP contribution in [0.4, 0.5) is 0 Å². The van der Waals surface area contributed by atoms with Gasteiger partial charge in [0.2, 0.25) is 0 Å². The summed E-state index contributed by atoms with van der Waals surface area (Å²) in [5.41, 5.74) is 0. The van der Waals surface area contributed by atoms with Gasteiger partial charge in [0.15, 0.2) is 0 Å². The Kier molecular flexibility index (Phi) is 33.1. The number of hydrogen-bond donors (Lipinski definition) is 0. The summed E-state index contributed by atoms with van der Waals surface area (Å²) in [5.74, 6) is 1.56. The highest BCUT2D eigenvalue weighted by molar-refractivity contribution is 4.36. The molecule has 19 heavy (non-hydrogen) atoms. The van der Waals surface area contributed by atoms with Crippen molar-refractivity contribution in [3.8, 4) is 0 Å². The molecule has 0 radical (unpaired) electrons. The molecule has 0 aliphatic rings. The maximum Gasteiger partial charge on any atom is 0.0518 e. The monoisotopic (exact) mass is 278 g/mol. The van der Waals surface area contributed by atoms with Crippen molar-refractivity contribution in [1.29, 1.82) is 0 Å². The summed E-state index contributed by atoms with van der Waals surface area (Å²) in [4.78, 5) is 0. The molecule has 0 saturated carbocycles. The third kappa shape index (κ3) is 57.1. The fraction of sp³-hybridized carbons (Fsp3) is 1.00. The summed E-state index contributed by atoms with van der Waals surface area (Å²) in [6.45, 7) is 21.6. The number of hydrogen-bond acceptors (Lipinski definition) is 2. The molecule has 0 amide bonds. The lowest BCUT2D eigenvalue weighted by Crippen LogP contribution is -2.00. The lowest BCUT2D eigenvalue weighted by Gasteiger charge is -2.01. The molecule has 0 N–H and O–H groups in total. The van der Waals surface area contributed by atoms with Gasteiger partial charge in [0.1, 0.15) is 0 Å². The normalized spacial score (nSPS) is 9.47. The van der Waals surface area contributed by atoms with Gasteiger partial charge < -0.3 is 9.47 Å². The highest BCUT2D eigenvalue weighted by atomic mass is 16.5. The van der Waals surface area contributed by atoms with Crippen LogP contribution in [0.1, 0.15) is 76.2 Å². The molecule has 0 heterocycles. The van der Waals surface area contributed by atoms with Gasteiger partial charge in [0, 0.05) is 19.8 Å². The molecule has 2 nitrogen and oxygen atoms in total. The SMILES string of the molecule is C.CCC(C)C.CCOC(C)C.CCOCC(C)C. The van der Waals surface area contributed by atoms with Crippen LogP contribution in [0.25, 0.3) is 0 Å². The highest BCUT2D eigenvalue weighted by Gasteiger charge is 1.88. The average molecular weight is 279 g/mol. The maximum atomic E-state index is 5.09. The molecule has 0 rings (SSSR count). The van der Waals surface area contributed by atoms with Crippen LogP contribution >= 0.6 is 0 Å². The van der Waals surface area contributed by atoms with Gasteiger partial charge in [0.25, 0.3) is 0 Å². The molecule has 0 spiro atoms. The van der Waals surface area contributed by atoms with E-state index in [2.05, 4.69) is 34.6 Å². The first kappa shape index (κ1) is 27.3. The van der Waals surface area contributed by atoms with Crippen LogP contribution in [-0.2, 0) is 9.47 Å². The smallest absolute Gasteiger partial charge is 0.0518 e. The third-order valence-electron chi connectivity index (χ3n) is 1.97. The summed E-state index contributed by atoms with van der Waals surface area (Å²) in [7, 11) is 0. The van der Waals surface area contributed by atoms with Crippen LogP contribution in [0.5, 0.6) is 0 Å². The highest BCUT2D eigenvalue weighted by Crippen LogP contribution is 1.94. The maximum absolute atomic E-state index is 5.09. The first-order valence-corrected chi connectivity index (χ1v) is 7.50. The minimum atomic E-state index is 0. The lowest BCUT2D eigenvalue weighted by atomic mass is 10.2. The molecule has 0 bridgehead atoms. The Morgan fingerprint density at radius 3 is 1.21 bits per heavy atom. The van der Waals surface area contributed by atoms with Crippen LogP contribution in [0.2, 0.25) is 0 Å². The molecule has 0 aromatic carbocycles. The quantitative estimate of drug-likeness (QED) is 0.611. The first-order valence-electron chi connectivity index (χ1n) is 7.50. The van der Waals surface area contributed by atoms with Crippen LogP contribution in [0.15, 0.2) is 0 Å². The molecule has 0 unspecified atom stereocenters. The molecule has 2 heteroatoms. The molecular weight excluding hydrogens is 236 g/mol.